The van der Waals surface area contributed by atoms with Gasteiger partial charge in [0.1, 0.15) is 6.61 Å². The van der Waals surface area contributed by atoms with Crippen LogP contribution in [0.2, 0.25) is 0 Å². The molecular formula is C24H24BrNO3. The number of carbonyl (C=O) groups excluding carboxylic acids is 1. The van der Waals surface area contributed by atoms with Gasteiger partial charge in [-0.25, -0.2) is 0 Å². The fourth-order valence-electron chi connectivity index (χ4n) is 3.01. The number of halogens is 1. The van der Waals surface area contributed by atoms with Crippen molar-refractivity contribution in [1.82, 2.24) is 5.32 Å². The molecule has 150 valence electrons. The van der Waals surface area contributed by atoms with Gasteiger partial charge in [0.15, 0.2) is 11.5 Å². The van der Waals surface area contributed by atoms with E-state index in [2.05, 4.69) is 21.2 Å². The molecule has 0 aliphatic carbocycles. The smallest absolute Gasteiger partial charge is 0.224 e. The minimum absolute atomic E-state index is 0.0544. The van der Waals surface area contributed by atoms with Gasteiger partial charge in [0.2, 0.25) is 5.91 Å². The second-order valence-corrected chi connectivity index (χ2v) is 7.60. The first-order valence-corrected chi connectivity index (χ1v) is 10.2. The summed E-state index contributed by atoms with van der Waals surface area (Å²) in [6.45, 7) is 2.40. The van der Waals surface area contributed by atoms with Crippen LogP contribution in [0.4, 0.5) is 0 Å². The summed E-state index contributed by atoms with van der Waals surface area (Å²) in [4.78, 5) is 12.6. The summed E-state index contributed by atoms with van der Waals surface area (Å²) in [7, 11) is 1.60. The van der Waals surface area contributed by atoms with Crippen LogP contribution in [0.1, 0.15) is 29.7 Å². The topological polar surface area (TPSA) is 47.6 Å². The van der Waals surface area contributed by atoms with Gasteiger partial charge in [0.05, 0.1) is 19.6 Å². The molecule has 0 radical (unpaired) electrons. The van der Waals surface area contributed by atoms with Gasteiger partial charge < -0.3 is 14.8 Å². The molecule has 0 bridgehead atoms. The highest BCUT2D eigenvalue weighted by Gasteiger charge is 2.15. The molecule has 1 unspecified atom stereocenters. The van der Waals surface area contributed by atoms with Crippen LogP contribution in [0.25, 0.3) is 0 Å². The van der Waals surface area contributed by atoms with Gasteiger partial charge in [-0.2, -0.15) is 0 Å². The van der Waals surface area contributed by atoms with Gasteiger partial charge >= 0.3 is 0 Å². The van der Waals surface area contributed by atoms with E-state index >= 15 is 0 Å². The molecule has 3 aromatic rings. The van der Waals surface area contributed by atoms with Crippen molar-refractivity contribution in [3.63, 3.8) is 0 Å². The monoisotopic (exact) mass is 453 g/mol. The summed E-state index contributed by atoms with van der Waals surface area (Å²) in [6.07, 6.45) is 0.240. The molecule has 0 heterocycles. The first-order chi connectivity index (χ1) is 14.1. The fourth-order valence-corrected chi connectivity index (χ4v) is 3.47. The van der Waals surface area contributed by atoms with Crippen LogP contribution in [-0.4, -0.2) is 13.0 Å². The Balaban J connectivity index is 1.70. The molecule has 3 aromatic carbocycles. The molecule has 3 rings (SSSR count). The van der Waals surface area contributed by atoms with E-state index in [1.54, 1.807) is 7.11 Å². The fraction of sp³-hybridized carbons (Fsp3) is 0.208. The number of benzene rings is 3. The van der Waals surface area contributed by atoms with Gasteiger partial charge in [-0.3, -0.25) is 4.79 Å². The maximum atomic E-state index is 12.6. The van der Waals surface area contributed by atoms with Crippen molar-refractivity contribution >= 4 is 21.8 Å². The van der Waals surface area contributed by atoms with Crippen molar-refractivity contribution in [3.8, 4) is 11.5 Å². The van der Waals surface area contributed by atoms with Crippen LogP contribution in [-0.2, 0) is 17.8 Å². The van der Waals surface area contributed by atoms with E-state index in [1.807, 2.05) is 79.7 Å². The lowest BCUT2D eigenvalue weighted by atomic mass is 10.1. The largest absolute Gasteiger partial charge is 0.493 e. The lowest BCUT2D eigenvalue weighted by molar-refractivity contribution is -0.121. The summed E-state index contributed by atoms with van der Waals surface area (Å²) < 4.78 is 12.2. The maximum absolute atomic E-state index is 12.6. The van der Waals surface area contributed by atoms with E-state index in [0.29, 0.717) is 18.1 Å². The standard InChI is InChI=1S/C24H24BrNO3/c1-17(19-11-7-4-8-12-19)26-24(27)14-20-13-23(22(28-2)15-21(20)25)29-16-18-9-5-3-6-10-18/h3-13,15,17H,14,16H2,1-2H3,(H,26,27). The van der Waals surface area contributed by atoms with Crippen molar-refractivity contribution in [3.05, 3.63) is 94.0 Å². The highest BCUT2D eigenvalue weighted by molar-refractivity contribution is 9.10. The van der Waals surface area contributed by atoms with E-state index in [4.69, 9.17) is 9.47 Å². The normalized spacial score (nSPS) is 11.6. The minimum Gasteiger partial charge on any atom is -0.493 e. The average molecular weight is 454 g/mol. The minimum atomic E-state index is -0.0606. The van der Waals surface area contributed by atoms with Crippen LogP contribution < -0.4 is 14.8 Å². The zero-order valence-corrected chi connectivity index (χ0v) is 18.1. The Morgan fingerprint density at radius 1 is 1.00 bits per heavy atom. The van der Waals surface area contributed by atoms with E-state index < -0.39 is 0 Å². The summed E-state index contributed by atoms with van der Waals surface area (Å²) in [5.74, 6) is 1.18. The van der Waals surface area contributed by atoms with Gasteiger partial charge in [-0.05, 0) is 35.7 Å². The predicted octanol–water partition coefficient (Wildman–Crippen LogP) is 5.46. The number of methoxy groups -OCH3 is 1. The molecular weight excluding hydrogens is 430 g/mol. The Morgan fingerprint density at radius 2 is 1.66 bits per heavy atom. The molecule has 4 nitrogen and oxygen atoms in total. The first kappa shape index (κ1) is 20.9. The molecule has 0 spiro atoms. The molecule has 5 heteroatoms. The number of nitrogens with one attached hydrogen (secondary N) is 1. The third-order valence-corrected chi connectivity index (χ3v) is 5.34. The summed E-state index contributed by atoms with van der Waals surface area (Å²) >= 11 is 3.54. The molecule has 29 heavy (non-hydrogen) atoms. The maximum Gasteiger partial charge on any atom is 0.224 e. The van der Waals surface area contributed by atoms with Crippen LogP contribution in [0, 0.1) is 0 Å². The van der Waals surface area contributed by atoms with E-state index in [-0.39, 0.29) is 18.4 Å². The van der Waals surface area contributed by atoms with Crippen molar-refractivity contribution in [2.45, 2.75) is 26.0 Å². The highest BCUT2D eigenvalue weighted by atomic mass is 79.9. The zero-order chi connectivity index (χ0) is 20.6. The quantitative estimate of drug-likeness (QED) is 0.492. The predicted molar refractivity (Wildman–Crippen MR) is 118 cm³/mol. The van der Waals surface area contributed by atoms with Crippen molar-refractivity contribution < 1.29 is 14.3 Å². The second kappa shape index (κ2) is 10.1. The number of rotatable bonds is 8. The number of hydrogen-bond donors (Lipinski definition) is 1. The van der Waals surface area contributed by atoms with Gasteiger partial charge in [0.25, 0.3) is 0 Å². The van der Waals surface area contributed by atoms with Crippen molar-refractivity contribution in [2.24, 2.45) is 0 Å². The Labute approximate surface area is 180 Å². The SMILES string of the molecule is COc1cc(Br)c(CC(=O)NC(C)c2ccccc2)cc1OCc1ccccc1. The Morgan fingerprint density at radius 3 is 2.31 bits per heavy atom. The van der Waals surface area contributed by atoms with Gasteiger partial charge in [0, 0.05) is 4.47 Å². The van der Waals surface area contributed by atoms with Crippen LogP contribution in [0.5, 0.6) is 11.5 Å². The van der Waals surface area contributed by atoms with E-state index in [1.165, 1.54) is 0 Å². The molecule has 0 fully saturated rings. The number of hydrogen-bond acceptors (Lipinski definition) is 3. The Hall–Kier alpha value is -2.79. The third kappa shape index (κ3) is 5.84. The van der Waals surface area contributed by atoms with Crippen LogP contribution in [0.15, 0.2) is 77.3 Å². The van der Waals surface area contributed by atoms with E-state index in [0.717, 1.165) is 21.2 Å². The van der Waals surface area contributed by atoms with Crippen LogP contribution in [0.3, 0.4) is 0 Å². The van der Waals surface area contributed by atoms with E-state index in [9.17, 15) is 4.79 Å². The number of carbonyl (C=O) groups is 1. The molecule has 1 amide bonds. The van der Waals surface area contributed by atoms with Crippen molar-refractivity contribution in [1.29, 1.82) is 0 Å². The average Bonchev–Trinajstić information content (AvgIpc) is 2.75. The lowest BCUT2D eigenvalue weighted by Crippen LogP contribution is -2.28. The zero-order valence-electron chi connectivity index (χ0n) is 16.5. The number of amides is 1. The molecule has 0 aromatic heterocycles. The molecule has 1 N–H and O–H groups in total. The molecule has 0 saturated heterocycles. The molecule has 0 aliphatic heterocycles. The van der Waals surface area contributed by atoms with Crippen LogP contribution >= 0.6 is 15.9 Å². The lowest BCUT2D eigenvalue weighted by Gasteiger charge is -2.16. The molecule has 0 aliphatic rings. The third-order valence-electron chi connectivity index (χ3n) is 4.60. The first-order valence-electron chi connectivity index (χ1n) is 9.44. The summed E-state index contributed by atoms with van der Waals surface area (Å²) in [6, 6.07) is 23.5. The molecule has 1 atom stereocenters. The Bertz CT molecular complexity index is 945. The number of ether oxygens (including phenoxy) is 2. The van der Waals surface area contributed by atoms with Crippen molar-refractivity contribution in [2.75, 3.05) is 7.11 Å². The summed E-state index contributed by atoms with van der Waals surface area (Å²) in [5, 5.41) is 3.05. The second-order valence-electron chi connectivity index (χ2n) is 6.75. The van der Waals surface area contributed by atoms with Gasteiger partial charge in [-0.15, -0.1) is 0 Å². The summed E-state index contributed by atoms with van der Waals surface area (Å²) in [5.41, 5.74) is 2.97. The Kier molecular flexibility index (Phi) is 7.30. The van der Waals surface area contributed by atoms with Gasteiger partial charge in [-0.1, -0.05) is 76.6 Å². The highest BCUT2D eigenvalue weighted by Crippen LogP contribution is 2.34. The molecule has 0 saturated carbocycles.